The molecule has 0 spiro atoms. The molecule has 7 heteroatoms. The number of aromatic nitrogens is 3. The molecule has 0 aliphatic rings. The van der Waals surface area contributed by atoms with Gasteiger partial charge in [-0.05, 0) is 24.6 Å². The highest BCUT2D eigenvalue weighted by Crippen LogP contribution is 2.23. The minimum Gasteiger partial charge on any atom is -0.324 e. The predicted octanol–water partition coefficient (Wildman–Crippen LogP) is 2.06. The first kappa shape index (κ1) is 14.5. The molecular formula is C13H14FN5S. The van der Waals surface area contributed by atoms with Crippen LogP contribution in [0.4, 0.5) is 4.39 Å². The van der Waals surface area contributed by atoms with Crippen molar-refractivity contribution in [2.24, 2.45) is 5.73 Å². The Hall–Kier alpha value is -1.91. The van der Waals surface area contributed by atoms with Gasteiger partial charge >= 0.3 is 0 Å². The molecule has 0 saturated carbocycles. The summed E-state index contributed by atoms with van der Waals surface area (Å²) in [5, 5.41) is 17.7. The largest absolute Gasteiger partial charge is 0.324 e. The van der Waals surface area contributed by atoms with Crippen molar-refractivity contribution in [2.45, 2.75) is 30.9 Å². The van der Waals surface area contributed by atoms with Gasteiger partial charge in [0, 0.05) is 12.3 Å². The molecule has 0 atom stereocenters. The number of nitrogens with zero attached hydrogens (tertiary/aromatic N) is 4. The first-order valence-corrected chi connectivity index (χ1v) is 7.11. The summed E-state index contributed by atoms with van der Waals surface area (Å²) in [6.07, 6.45) is 0. The van der Waals surface area contributed by atoms with E-state index in [1.54, 1.807) is 12.1 Å². The second kappa shape index (κ2) is 6.50. The van der Waals surface area contributed by atoms with Crippen LogP contribution in [0.15, 0.2) is 23.4 Å². The number of hydrogen-bond acceptors (Lipinski definition) is 5. The van der Waals surface area contributed by atoms with Crippen LogP contribution in [0.5, 0.6) is 0 Å². The van der Waals surface area contributed by atoms with Crippen molar-refractivity contribution in [3.8, 4) is 6.07 Å². The van der Waals surface area contributed by atoms with Crippen LogP contribution < -0.4 is 5.73 Å². The minimum atomic E-state index is -0.497. The number of halogens is 1. The van der Waals surface area contributed by atoms with Gasteiger partial charge in [0.1, 0.15) is 17.7 Å². The third kappa shape index (κ3) is 2.98. The van der Waals surface area contributed by atoms with Crippen LogP contribution in [0.25, 0.3) is 0 Å². The molecular weight excluding hydrogens is 277 g/mol. The van der Waals surface area contributed by atoms with Crippen molar-refractivity contribution < 1.29 is 4.39 Å². The van der Waals surface area contributed by atoms with Crippen molar-refractivity contribution in [2.75, 3.05) is 0 Å². The molecule has 2 rings (SSSR count). The van der Waals surface area contributed by atoms with E-state index in [4.69, 9.17) is 11.0 Å². The molecule has 0 aliphatic heterocycles. The lowest BCUT2D eigenvalue weighted by atomic mass is 10.1. The van der Waals surface area contributed by atoms with Crippen LogP contribution in [0.3, 0.4) is 0 Å². The van der Waals surface area contributed by atoms with E-state index >= 15 is 0 Å². The Morgan fingerprint density at radius 2 is 2.25 bits per heavy atom. The number of nitrogens with two attached hydrogens (primary N) is 1. The SMILES string of the molecule is CCn1c(CN)nnc1SCc1ccc(F)c(C#N)c1. The molecule has 104 valence electrons. The van der Waals surface area contributed by atoms with E-state index in [-0.39, 0.29) is 5.56 Å². The van der Waals surface area contributed by atoms with Crippen molar-refractivity contribution in [3.05, 3.63) is 41.0 Å². The monoisotopic (exact) mass is 291 g/mol. The van der Waals surface area contributed by atoms with Gasteiger partial charge < -0.3 is 10.3 Å². The summed E-state index contributed by atoms with van der Waals surface area (Å²) in [5.74, 6) is 0.840. The van der Waals surface area contributed by atoms with E-state index in [2.05, 4.69) is 10.2 Å². The van der Waals surface area contributed by atoms with Crippen LogP contribution >= 0.6 is 11.8 Å². The molecule has 0 aliphatic carbocycles. The summed E-state index contributed by atoms with van der Waals surface area (Å²) in [6, 6.07) is 6.37. The van der Waals surface area contributed by atoms with Crippen LogP contribution in [0.1, 0.15) is 23.9 Å². The average Bonchev–Trinajstić information content (AvgIpc) is 2.88. The maximum atomic E-state index is 13.2. The molecule has 5 nitrogen and oxygen atoms in total. The number of rotatable bonds is 5. The summed E-state index contributed by atoms with van der Waals surface area (Å²) in [7, 11) is 0. The van der Waals surface area contributed by atoms with Crippen molar-refractivity contribution in [1.82, 2.24) is 14.8 Å². The Balaban J connectivity index is 2.13. The van der Waals surface area contributed by atoms with Gasteiger partial charge in [0.15, 0.2) is 5.16 Å². The highest BCUT2D eigenvalue weighted by molar-refractivity contribution is 7.98. The first-order chi connectivity index (χ1) is 9.69. The molecule has 20 heavy (non-hydrogen) atoms. The Labute approximate surface area is 120 Å². The topological polar surface area (TPSA) is 80.5 Å². The highest BCUT2D eigenvalue weighted by Gasteiger charge is 2.10. The summed E-state index contributed by atoms with van der Waals surface area (Å²) in [4.78, 5) is 0. The standard InChI is InChI=1S/C13H14FN5S/c1-2-19-12(7-16)17-18-13(19)20-8-9-3-4-11(14)10(5-9)6-15/h3-5H,2,7-8,16H2,1H3. The molecule has 1 aromatic carbocycles. The summed E-state index contributed by atoms with van der Waals surface area (Å²) < 4.78 is 15.2. The number of hydrogen-bond donors (Lipinski definition) is 1. The van der Waals surface area contributed by atoms with Crippen molar-refractivity contribution in [3.63, 3.8) is 0 Å². The number of nitriles is 1. The lowest BCUT2D eigenvalue weighted by molar-refractivity contribution is 0.623. The smallest absolute Gasteiger partial charge is 0.191 e. The first-order valence-electron chi connectivity index (χ1n) is 6.13. The Morgan fingerprint density at radius 3 is 2.90 bits per heavy atom. The van der Waals surface area contributed by atoms with Crippen molar-refractivity contribution in [1.29, 1.82) is 5.26 Å². The van der Waals surface area contributed by atoms with Crippen LogP contribution in [-0.2, 0) is 18.8 Å². The zero-order valence-corrected chi connectivity index (χ0v) is 11.8. The van der Waals surface area contributed by atoms with Gasteiger partial charge in [-0.1, -0.05) is 17.8 Å². The van der Waals surface area contributed by atoms with Gasteiger partial charge in [0.25, 0.3) is 0 Å². The maximum Gasteiger partial charge on any atom is 0.191 e. The van der Waals surface area contributed by atoms with Crippen LogP contribution in [0, 0.1) is 17.1 Å². The van der Waals surface area contributed by atoms with E-state index in [1.165, 1.54) is 17.8 Å². The Kier molecular flexibility index (Phi) is 4.71. The lowest BCUT2D eigenvalue weighted by Gasteiger charge is -2.06. The molecule has 2 aromatic rings. The molecule has 0 amide bonds. The summed E-state index contributed by atoms with van der Waals surface area (Å²) in [5.41, 5.74) is 6.52. The van der Waals surface area contributed by atoms with Gasteiger partial charge in [0.05, 0.1) is 12.1 Å². The third-order valence-corrected chi connectivity index (χ3v) is 3.85. The van der Waals surface area contributed by atoms with Crippen LogP contribution in [-0.4, -0.2) is 14.8 Å². The molecule has 1 aromatic heterocycles. The van der Waals surface area contributed by atoms with Gasteiger partial charge in [-0.2, -0.15) is 5.26 Å². The molecule has 0 unspecified atom stereocenters. The third-order valence-electron chi connectivity index (χ3n) is 2.81. The average molecular weight is 291 g/mol. The maximum absolute atomic E-state index is 13.2. The van der Waals surface area contributed by atoms with Crippen LogP contribution in [0.2, 0.25) is 0 Å². The molecule has 0 radical (unpaired) electrons. The van der Waals surface area contributed by atoms with Gasteiger partial charge in [-0.15, -0.1) is 10.2 Å². The molecule has 0 saturated heterocycles. The zero-order chi connectivity index (χ0) is 14.5. The van der Waals surface area contributed by atoms with Crippen molar-refractivity contribution >= 4 is 11.8 Å². The molecule has 1 heterocycles. The Morgan fingerprint density at radius 1 is 1.45 bits per heavy atom. The molecule has 2 N–H and O–H groups in total. The van der Waals surface area contributed by atoms with Gasteiger partial charge in [0.2, 0.25) is 0 Å². The lowest BCUT2D eigenvalue weighted by Crippen LogP contribution is -2.08. The number of benzene rings is 1. The fourth-order valence-corrected chi connectivity index (χ4v) is 2.75. The van der Waals surface area contributed by atoms with E-state index in [9.17, 15) is 4.39 Å². The van der Waals surface area contributed by atoms with Gasteiger partial charge in [-0.25, -0.2) is 4.39 Å². The highest BCUT2D eigenvalue weighted by atomic mass is 32.2. The molecule has 0 bridgehead atoms. The van der Waals surface area contributed by atoms with E-state index < -0.39 is 5.82 Å². The van der Waals surface area contributed by atoms with E-state index in [0.717, 1.165) is 23.1 Å². The summed E-state index contributed by atoms with van der Waals surface area (Å²) in [6.45, 7) is 3.09. The quantitative estimate of drug-likeness (QED) is 0.853. The van der Waals surface area contributed by atoms with Gasteiger partial charge in [-0.3, -0.25) is 0 Å². The zero-order valence-electron chi connectivity index (χ0n) is 11.0. The fraction of sp³-hybridized carbons (Fsp3) is 0.308. The second-order valence-electron chi connectivity index (χ2n) is 4.06. The normalized spacial score (nSPS) is 10.5. The molecule has 0 fully saturated rings. The second-order valence-corrected chi connectivity index (χ2v) is 5.00. The van der Waals surface area contributed by atoms with E-state index in [0.29, 0.717) is 12.3 Å². The predicted molar refractivity (Wildman–Crippen MR) is 74.3 cm³/mol. The number of thioether (sulfide) groups is 1. The Bertz CT molecular complexity index is 647. The van der Waals surface area contributed by atoms with E-state index in [1.807, 2.05) is 17.6 Å². The minimum absolute atomic E-state index is 0.0581. The fourth-order valence-electron chi connectivity index (χ4n) is 1.79. The summed E-state index contributed by atoms with van der Waals surface area (Å²) >= 11 is 1.49.